The maximum Gasteiger partial charge on any atom is 0.471 e. The molecule has 1 aliphatic heterocycles. The second kappa shape index (κ2) is 5.01. The summed E-state index contributed by atoms with van der Waals surface area (Å²) in [4.78, 5) is 23.0. The number of carboxylic acids is 1. The van der Waals surface area contributed by atoms with Crippen LogP contribution in [0.15, 0.2) is 9.85 Å². The number of hydrogen-bond acceptors (Lipinski definition) is 4. The van der Waals surface area contributed by atoms with E-state index in [2.05, 4.69) is 15.9 Å². The number of hydrogen-bond donors (Lipinski definition) is 2. The van der Waals surface area contributed by atoms with Crippen LogP contribution in [0.25, 0.3) is 0 Å². The third-order valence-corrected chi connectivity index (χ3v) is 4.87. The highest BCUT2D eigenvalue weighted by Gasteiger charge is 2.50. The van der Waals surface area contributed by atoms with Gasteiger partial charge in [0, 0.05) is 20.3 Å². The van der Waals surface area contributed by atoms with E-state index in [1.165, 1.54) is 5.38 Å². The molecule has 0 fully saturated rings. The average Bonchev–Trinajstić information content (AvgIpc) is 2.69. The Kier molecular flexibility index (Phi) is 3.82. The number of halogens is 4. The molecule has 0 aliphatic carbocycles. The number of aliphatic hydroxyl groups excluding tert-OH is 1. The van der Waals surface area contributed by atoms with Crippen molar-refractivity contribution >= 4 is 39.1 Å². The molecule has 5 nitrogen and oxygen atoms in total. The van der Waals surface area contributed by atoms with Gasteiger partial charge in [-0.3, -0.25) is 4.79 Å². The van der Waals surface area contributed by atoms with Crippen molar-refractivity contribution in [3.8, 4) is 0 Å². The minimum absolute atomic E-state index is 0.0150. The number of β-amino-alcohol motifs (C(OH)–C–C–N with tert-alkyl or cyclic N) is 1. The predicted octanol–water partition coefficient (Wildman–Crippen LogP) is 2.07. The summed E-state index contributed by atoms with van der Waals surface area (Å²) < 4.78 is 37.8. The van der Waals surface area contributed by atoms with Crippen LogP contribution >= 0.6 is 27.3 Å². The molecule has 2 atom stereocenters. The van der Waals surface area contributed by atoms with E-state index < -0.39 is 36.7 Å². The first-order chi connectivity index (χ1) is 9.14. The topological polar surface area (TPSA) is 77.8 Å². The van der Waals surface area contributed by atoms with Crippen LogP contribution in [0.1, 0.15) is 22.6 Å². The van der Waals surface area contributed by atoms with Gasteiger partial charge in [-0.1, -0.05) is 0 Å². The largest absolute Gasteiger partial charge is 0.479 e. The molecule has 0 saturated heterocycles. The van der Waals surface area contributed by atoms with Gasteiger partial charge in [-0.25, -0.2) is 4.79 Å². The van der Waals surface area contributed by atoms with Crippen LogP contribution < -0.4 is 0 Å². The van der Waals surface area contributed by atoms with Crippen LogP contribution in [0, 0.1) is 0 Å². The van der Waals surface area contributed by atoms with Gasteiger partial charge < -0.3 is 15.1 Å². The van der Waals surface area contributed by atoms with Crippen molar-refractivity contribution in [2.24, 2.45) is 0 Å². The molecular formula is C10H7BrF3NO4S. The lowest BCUT2D eigenvalue weighted by molar-refractivity contribution is -0.192. The maximum absolute atomic E-state index is 12.5. The number of carbonyl (C=O) groups is 2. The smallest absolute Gasteiger partial charge is 0.471 e. The molecule has 0 radical (unpaired) electrons. The standard InChI is InChI=1S/C10H7BrF3NO4S/c11-3-2-20-7-4(16)1-15(9(19)10(12,13)14)6(5(3)7)8(17)18/h2,4,6,16H,1H2,(H,17,18). The van der Waals surface area contributed by atoms with Crippen LogP contribution in [0.2, 0.25) is 0 Å². The number of carboxylic acid groups (broad SMARTS) is 1. The van der Waals surface area contributed by atoms with Crippen molar-refractivity contribution in [2.75, 3.05) is 6.54 Å². The molecule has 10 heteroatoms. The molecule has 2 unspecified atom stereocenters. The Morgan fingerprint density at radius 3 is 2.55 bits per heavy atom. The quantitative estimate of drug-likeness (QED) is 0.789. The van der Waals surface area contributed by atoms with E-state index in [9.17, 15) is 27.9 Å². The fraction of sp³-hybridized carbons (Fsp3) is 0.400. The summed E-state index contributed by atoms with van der Waals surface area (Å²) in [5.41, 5.74) is -0.0150. The average molecular weight is 374 g/mol. The summed E-state index contributed by atoms with van der Waals surface area (Å²) in [5, 5.41) is 20.4. The number of aliphatic hydroxyl groups is 1. The lowest BCUT2D eigenvalue weighted by Crippen LogP contribution is -2.49. The highest BCUT2D eigenvalue weighted by molar-refractivity contribution is 9.10. The molecule has 110 valence electrons. The normalized spacial score (nSPS) is 22.6. The van der Waals surface area contributed by atoms with Crippen LogP contribution in [-0.2, 0) is 9.59 Å². The van der Waals surface area contributed by atoms with Crippen LogP contribution in [0.4, 0.5) is 13.2 Å². The van der Waals surface area contributed by atoms with E-state index >= 15 is 0 Å². The van der Waals surface area contributed by atoms with Gasteiger partial charge in [0.1, 0.15) is 6.10 Å². The Morgan fingerprint density at radius 1 is 1.45 bits per heavy atom. The summed E-state index contributed by atoms with van der Waals surface area (Å²) in [7, 11) is 0. The van der Waals surface area contributed by atoms with E-state index in [1.807, 2.05) is 0 Å². The zero-order valence-electron chi connectivity index (χ0n) is 9.52. The summed E-state index contributed by atoms with van der Waals surface area (Å²) in [6.45, 7) is -0.713. The Hall–Kier alpha value is -1.13. The predicted molar refractivity (Wildman–Crippen MR) is 65.1 cm³/mol. The summed E-state index contributed by atoms with van der Waals surface area (Å²) in [5.74, 6) is -3.87. The van der Waals surface area contributed by atoms with Gasteiger partial charge in [0.2, 0.25) is 0 Å². The molecule has 20 heavy (non-hydrogen) atoms. The zero-order valence-corrected chi connectivity index (χ0v) is 11.9. The second-order valence-corrected chi connectivity index (χ2v) is 5.84. The third-order valence-electron chi connectivity index (χ3n) is 2.81. The number of carbonyl (C=O) groups excluding carboxylic acids is 1. The zero-order chi connectivity index (χ0) is 15.2. The maximum atomic E-state index is 12.5. The molecule has 1 aliphatic rings. The minimum Gasteiger partial charge on any atom is -0.479 e. The fourth-order valence-corrected chi connectivity index (χ4v) is 3.81. The van der Waals surface area contributed by atoms with Crippen molar-refractivity contribution < 1.29 is 33.0 Å². The number of thiophene rings is 1. The molecule has 0 spiro atoms. The molecule has 0 bridgehead atoms. The summed E-state index contributed by atoms with van der Waals surface area (Å²) >= 11 is 4.06. The van der Waals surface area contributed by atoms with Gasteiger partial charge in [0.05, 0.1) is 6.54 Å². The van der Waals surface area contributed by atoms with Gasteiger partial charge >= 0.3 is 18.1 Å². The van der Waals surface area contributed by atoms with Crippen molar-refractivity contribution in [1.82, 2.24) is 4.90 Å². The Balaban J connectivity index is 2.53. The number of alkyl halides is 3. The van der Waals surface area contributed by atoms with E-state index in [0.29, 0.717) is 0 Å². The Bertz CT molecular complexity index is 573. The molecular weight excluding hydrogens is 367 g/mol. The molecule has 0 saturated carbocycles. The Morgan fingerprint density at radius 2 is 2.05 bits per heavy atom. The van der Waals surface area contributed by atoms with Crippen molar-refractivity contribution in [1.29, 1.82) is 0 Å². The second-order valence-electron chi connectivity index (χ2n) is 4.07. The van der Waals surface area contributed by atoms with Gasteiger partial charge in [-0.15, -0.1) is 11.3 Å². The first kappa shape index (κ1) is 15.3. The summed E-state index contributed by atoms with van der Waals surface area (Å²) in [6, 6.07) is -1.77. The van der Waals surface area contributed by atoms with E-state index in [0.717, 1.165) is 11.3 Å². The van der Waals surface area contributed by atoms with E-state index in [-0.39, 0.29) is 19.8 Å². The number of fused-ring (bicyclic) bond motifs is 1. The summed E-state index contributed by atoms with van der Waals surface area (Å²) in [6.07, 6.45) is -6.55. The molecule has 1 amide bonds. The number of rotatable bonds is 1. The fourth-order valence-electron chi connectivity index (χ4n) is 2.03. The Labute approximate surface area is 122 Å². The van der Waals surface area contributed by atoms with Crippen LogP contribution in [-0.4, -0.2) is 39.7 Å². The van der Waals surface area contributed by atoms with Gasteiger partial charge in [-0.05, 0) is 15.9 Å². The highest BCUT2D eigenvalue weighted by Crippen LogP contribution is 2.44. The monoisotopic (exact) mass is 373 g/mol. The lowest BCUT2D eigenvalue weighted by Gasteiger charge is -2.36. The van der Waals surface area contributed by atoms with Crippen LogP contribution in [0.3, 0.4) is 0 Å². The lowest BCUT2D eigenvalue weighted by atomic mass is 9.98. The van der Waals surface area contributed by atoms with Crippen molar-refractivity contribution in [3.05, 3.63) is 20.3 Å². The van der Waals surface area contributed by atoms with E-state index in [4.69, 9.17) is 5.11 Å². The molecule has 2 N–H and O–H groups in total. The first-order valence-corrected chi connectivity index (χ1v) is 6.87. The van der Waals surface area contributed by atoms with Crippen LogP contribution in [0.5, 0.6) is 0 Å². The van der Waals surface area contributed by atoms with Gasteiger partial charge in [0.15, 0.2) is 6.04 Å². The molecule has 2 rings (SSSR count). The van der Waals surface area contributed by atoms with Gasteiger partial charge in [0.25, 0.3) is 0 Å². The van der Waals surface area contributed by atoms with Gasteiger partial charge in [-0.2, -0.15) is 13.2 Å². The van der Waals surface area contributed by atoms with E-state index in [1.54, 1.807) is 0 Å². The molecule has 1 aromatic rings. The van der Waals surface area contributed by atoms with Crippen molar-refractivity contribution in [3.63, 3.8) is 0 Å². The number of nitrogens with zero attached hydrogens (tertiary/aromatic N) is 1. The van der Waals surface area contributed by atoms with Crippen molar-refractivity contribution in [2.45, 2.75) is 18.3 Å². The number of aliphatic carboxylic acids is 1. The number of amides is 1. The third kappa shape index (κ3) is 2.42. The highest BCUT2D eigenvalue weighted by atomic mass is 79.9. The molecule has 0 aromatic carbocycles. The SMILES string of the molecule is O=C(O)C1c2c(Br)csc2C(O)CN1C(=O)C(F)(F)F. The molecule has 2 heterocycles. The minimum atomic E-state index is -5.20. The molecule has 1 aromatic heterocycles. The first-order valence-electron chi connectivity index (χ1n) is 5.20.